The Morgan fingerprint density at radius 2 is 2.25 bits per heavy atom. The minimum absolute atomic E-state index is 0.157. The molecule has 16 heavy (non-hydrogen) atoms. The topological polar surface area (TPSA) is 55.6 Å². The Bertz CT molecular complexity index is 257. The molecule has 2 rings (SSSR count). The molecule has 0 bridgehead atoms. The zero-order valence-corrected chi connectivity index (χ0v) is 10.0. The van der Waals surface area contributed by atoms with Crippen molar-refractivity contribution in [3.63, 3.8) is 0 Å². The molecule has 1 heterocycles. The maximum atomic E-state index is 12.3. The Balaban J connectivity index is 1.94. The number of hydrogen-bond donors (Lipinski definition) is 1. The first kappa shape index (κ1) is 11.9. The summed E-state index contributed by atoms with van der Waals surface area (Å²) in [6.45, 7) is 4.14. The average molecular weight is 226 g/mol. The lowest BCUT2D eigenvalue weighted by atomic mass is 9.85. The number of morpholine rings is 1. The highest BCUT2D eigenvalue weighted by atomic mass is 16.5. The molecule has 2 aliphatic rings. The van der Waals surface area contributed by atoms with E-state index in [2.05, 4.69) is 6.92 Å². The van der Waals surface area contributed by atoms with Crippen LogP contribution in [0.5, 0.6) is 0 Å². The zero-order chi connectivity index (χ0) is 11.5. The second-order valence-electron chi connectivity index (χ2n) is 5.08. The van der Waals surface area contributed by atoms with Gasteiger partial charge in [0, 0.05) is 18.5 Å². The molecule has 2 fully saturated rings. The monoisotopic (exact) mass is 226 g/mol. The lowest BCUT2D eigenvalue weighted by Gasteiger charge is -2.37. The van der Waals surface area contributed by atoms with Crippen LogP contribution in [0.4, 0.5) is 0 Å². The summed E-state index contributed by atoms with van der Waals surface area (Å²) >= 11 is 0. The predicted molar refractivity (Wildman–Crippen MR) is 61.9 cm³/mol. The van der Waals surface area contributed by atoms with Crippen molar-refractivity contribution in [2.24, 2.45) is 11.7 Å². The molecule has 92 valence electrons. The smallest absolute Gasteiger partial charge is 0.226 e. The number of amides is 1. The molecule has 2 N–H and O–H groups in total. The second-order valence-corrected chi connectivity index (χ2v) is 5.08. The number of rotatable bonds is 1. The van der Waals surface area contributed by atoms with Gasteiger partial charge >= 0.3 is 0 Å². The van der Waals surface area contributed by atoms with E-state index >= 15 is 0 Å². The highest BCUT2D eigenvalue weighted by Crippen LogP contribution is 2.26. The van der Waals surface area contributed by atoms with Crippen molar-refractivity contribution in [1.29, 1.82) is 0 Å². The van der Waals surface area contributed by atoms with Crippen LogP contribution in [0.2, 0.25) is 0 Å². The third-order valence-electron chi connectivity index (χ3n) is 3.71. The molecule has 4 nitrogen and oxygen atoms in total. The fourth-order valence-electron chi connectivity index (χ4n) is 2.74. The summed E-state index contributed by atoms with van der Waals surface area (Å²) in [6.07, 6.45) is 4.04. The number of nitrogens with two attached hydrogens (primary N) is 1. The summed E-state index contributed by atoms with van der Waals surface area (Å²) in [5.41, 5.74) is 5.93. The molecule has 1 saturated carbocycles. The van der Waals surface area contributed by atoms with Crippen molar-refractivity contribution in [2.75, 3.05) is 19.8 Å². The third-order valence-corrected chi connectivity index (χ3v) is 3.71. The fraction of sp³-hybridized carbons (Fsp3) is 0.917. The second kappa shape index (κ2) is 5.15. The molecule has 0 aromatic rings. The first-order chi connectivity index (χ1) is 7.68. The normalized spacial score (nSPS) is 36.1. The lowest BCUT2D eigenvalue weighted by molar-refractivity contribution is -0.144. The maximum absolute atomic E-state index is 12.3. The molecule has 0 aromatic heterocycles. The van der Waals surface area contributed by atoms with Gasteiger partial charge in [-0.1, -0.05) is 6.42 Å². The van der Waals surface area contributed by atoms with Gasteiger partial charge in [0.15, 0.2) is 0 Å². The van der Waals surface area contributed by atoms with E-state index in [0.717, 1.165) is 32.2 Å². The molecule has 3 atom stereocenters. The molecule has 3 unspecified atom stereocenters. The molecule has 0 spiro atoms. The van der Waals surface area contributed by atoms with Gasteiger partial charge in [-0.05, 0) is 26.2 Å². The van der Waals surface area contributed by atoms with E-state index in [9.17, 15) is 4.79 Å². The largest absolute Gasteiger partial charge is 0.377 e. The zero-order valence-electron chi connectivity index (χ0n) is 10.0. The van der Waals surface area contributed by atoms with E-state index in [1.54, 1.807) is 0 Å². The molecule has 4 heteroatoms. The van der Waals surface area contributed by atoms with Crippen LogP contribution in [0.15, 0.2) is 0 Å². The average Bonchev–Trinajstić information content (AvgIpc) is 2.29. The minimum atomic E-state index is 0.157. The van der Waals surface area contributed by atoms with Gasteiger partial charge in [0.05, 0.1) is 19.3 Å². The van der Waals surface area contributed by atoms with Crippen LogP contribution in [-0.2, 0) is 9.53 Å². The first-order valence-corrected chi connectivity index (χ1v) is 6.32. The van der Waals surface area contributed by atoms with Crippen molar-refractivity contribution in [3.05, 3.63) is 0 Å². The molecule has 1 amide bonds. The van der Waals surface area contributed by atoms with E-state index in [0.29, 0.717) is 19.1 Å². The van der Waals surface area contributed by atoms with Crippen molar-refractivity contribution >= 4 is 5.91 Å². The maximum Gasteiger partial charge on any atom is 0.226 e. The standard InChI is InChI=1S/C12H22N2O2/c1-9-8-16-6-5-14(9)12(15)10-3-2-4-11(13)7-10/h9-11H,2-8,13H2,1H3. The summed E-state index contributed by atoms with van der Waals surface area (Å²) in [5.74, 6) is 0.454. The minimum Gasteiger partial charge on any atom is -0.377 e. The molecule has 1 saturated heterocycles. The van der Waals surface area contributed by atoms with Gasteiger partial charge in [0.2, 0.25) is 5.91 Å². The Labute approximate surface area is 97.1 Å². The van der Waals surface area contributed by atoms with Gasteiger partial charge in [-0.15, -0.1) is 0 Å². The highest BCUT2D eigenvalue weighted by Gasteiger charge is 2.32. The summed E-state index contributed by atoms with van der Waals surface area (Å²) in [6, 6.07) is 0.443. The van der Waals surface area contributed by atoms with Gasteiger partial charge in [-0.3, -0.25) is 4.79 Å². The third kappa shape index (κ3) is 2.55. The predicted octanol–water partition coefficient (Wildman–Crippen LogP) is 0.751. The van der Waals surface area contributed by atoms with E-state index in [1.165, 1.54) is 0 Å². The summed E-state index contributed by atoms with van der Waals surface area (Å²) in [4.78, 5) is 14.3. The van der Waals surface area contributed by atoms with Gasteiger partial charge in [0.25, 0.3) is 0 Å². The molecule has 0 radical (unpaired) electrons. The lowest BCUT2D eigenvalue weighted by Crippen LogP contribution is -2.50. The molecular weight excluding hydrogens is 204 g/mol. The van der Waals surface area contributed by atoms with Crippen LogP contribution in [0, 0.1) is 5.92 Å². The number of carbonyl (C=O) groups excluding carboxylic acids is 1. The van der Waals surface area contributed by atoms with Gasteiger partial charge in [0.1, 0.15) is 0 Å². The molecule has 1 aliphatic carbocycles. The van der Waals surface area contributed by atoms with Crippen LogP contribution in [0.3, 0.4) is 0 Å². The molecular formula is C12H22N2O2. The first-order valence-electron chi connectivity index (χ1n) is 6.32. The van der Waals surface area contributed by atoms with Gasteiger partial charge in [-0.25, -0.2) is 0 Å². The van der Waals surface area contributed by atoms with Crippen LogP contribution >= 0.6 is 0 Å². The van der Waals surface area contributed by atoms with Gasteiger partial charge < -0.3 is 15.4 Å². The van der Waals surface area contributed by atoms with Crippen LogP contribution in [0.25, 0.3) is 0 Å². The number of carbonyl (C=O) groups is 1. The Kier molecular flexibility index (Phi) is 3.82. The summed E-state index contributed by atoms with van der Waals surface area (Å²) < 4.78 is 5.35. The van der Waals surface area contributed by atoms with E-state index in [1.807, 2.05) is 4.90 Å². The fourth-order valence-corrected chi connectivity index (χ4v) is 2.74. The highest BCUT2D eigenvalue weighted by molar-refractivity contribution is 5.79. The van der Waals surface area contributed by atoms with Gasteiger partial charge in [-0.2, -0.15) is 0 Å². The molecule has 0 aromatic carbocycles. The number of hydrogen-bond acceptors (Lipinski definition) is 3. The Hall–Kier alpha value is -0.610. The quantitative estimate of drug-likeness (QED) is 0.718. The summed E-state index contributed by atoms with van der Waals surface area (Å²) in [7, 11) is 0. The van der Waals surface area contributed by atoms with Crippen LogP contribution < -0.4 is 5.73 Å². The Morgan fingerprint density at radius 1 is 1.44 bits per heavy atom. The molecule has 1 aliphatic heterocycles. The number of ether oxygens (including phenoxy) is 1. The number of nitrogens with zero attached hydrogens (tertiary/aromatic N) is 1. The van der Waals surface area contributed by atoms with Crippen LogP contribution in [-0.4, -0.2) is 42.6 Å². The van der Waals surface area contributed by atoms with E-state index < -0.39 is 0 Å². The van der Waals surface area contributed by atoms with Crippen LogP contribution in [0.1, 0.15) is 32.6 Å². The van der Waals surface area contributed by atoms with E-state index in [-0.39, 0.29) is 18.0 Å². The summed E-state index contributed by atoms with van der Waals surface area (Å²) in [5, 5.41) is 0. The van der Waals surface area contributed by atoms with Crippen molar-refractivity contribution < 1.29 is 9.53 Å². The van der Waals surface area contributed by atoms with Crippen molar-refractivity contribution in [3.8, 4) is 0 Å². The Morgan fingerprint density at radius 3 is 2.94 bits per heavy atom. The SMILES string of the molecule is CC1COCCN1C(=O)C1CCCC(N)C1. The van der Waals surface area contributed by atoms with Crippen molar-refractivity contribution in [1.82, 2.24) is 4.90 Å². The van der Waals surface area contributed by atoms with Crippen molar-refractivity contribution in [2.45, 2.75) is 44.7 Å². The van der Waals surface area contributed by atoms with E-state index in [4.69, 9.17) is 10.5 Å².